The second kappa shape index (κ2) is 6.97. The third-order valence-electron chi connectivity index (χ3n) is 3.40. The van der Waals surface area contributed by atoms with Gasteiger partial charge in [-0.1, -0.05) is 35.1 Å². The number of halogens is 1. The van der Waals surface area contributed by atoms with Crippen molar-refractivity contribution >= 4 is 55.5 Å². The molecular weight excluding hydrogens is 350 g/mol. The van der Waals surface area contributed by atoms with Gasteiger partial charge in [0.1, 0.15) is 5.52 Å². The normalized spacial score (nSPS) is 11.3. The summed E-state index contributed by atoms with van der Waals surface area (Å²) in [5.41, 5.74) is 0.760. The summed E-state index contributed by atoms with van der Waals surface area (Å²) in [7, 11) is 4.14. The van der Waals surface area contributed by atoms with Crippen LogP contribution in [0.5, 0.6) is 0 Å². The molecule has 0 unspecified atom stereocenters. The van der Waals surface area contributed by atoms with Crippen molar-refractivity contribution in [2.45, 2.75) is 0 Å². The number of benzene rings is 1. The van der Waals surface area contributed by atoms with E-state index in [1.807, 2.05) is 35.7 Å². The van der Waals surface area contributed by atoms with Crippen molar-refractivity contribution in [2.24, 2.45) is 0 Å². The molecule has 1 N–H and O–H groups in total. The SMILES string of the molecule is C[NH+](C)CCN(C(=O)c1cccs1)c1nc2c(Cl)cccc2s1. The highest BCUT2D eigenvalue weighted by atomic mass is 35.5. The van der Waals surface area contributed by atoms with Crippen LogP contribution in [0, 0.1) is 0 Å². The van der Waals surface area contributed by atoms with Crippen LogP contribution in [0.25, 0.3) is 10.2 Å². The highest BCUT2D eigenvalue weighted by Gasteiger charge is 2.23. The van der Waals surface area contributed by atoms with E-state index in [4.69, 9.17) is 11.6 Å². The number of anilines is 1. The first-order valence-electron chi connectivity index (χ1n) is 7.25. The van der Waals surface area contributed by atoms with Crippen molar-refractivity contribution in [1.29, 1.82) is 0 Å². The largest absolute Gasteiger partial charge is 0.338 e. The van der Waals surface area contributed by atoms with E-state index in [2.05, 4.69) is 19.1 Å². The number of carbonyl (C=O) groups excluding carboxylic acids is 1. The maximum atomic E-state index is 12.8. The fraction of sp³-hybridized carbons (Fsp3) is 0.250. The molecule has 1 amide bonds. The molecule has 0 aliphatic carbocycles. The lowest BCUT2D eigenvalue weighted by Crippen LogP contribution is -3.06. The molecule has 2 heterocycles. The lowest BCUT2D eigenvalue weighted by Gasteiger charge is -2.19. The number of hydrogen-bond donors (Lipinski definition) is 1. The van der Waals surface area contributed by atoms with Gasteiger partial charge in [-0.25, -0.2) is 4.98 Å². The average molecular weight is 367 g/mol. The predicted octanol–water partition coefficient (Wildman–Crippen LogP) is 2.80. The van der Waals surface area contributed by atoms with Crippen LogP contribution < -0.4 is 9.80 Å². The molecule has 3 rings (SSSR count). The van der Waals surface area contributed by atoms with Gasteiger partial charge >= 0.3 is 0 Å². The Labute approximate surface area is 147 Å². The third kappa shape index (κ3) is 3.55. The predicted molar refractivity (Wildman–Crippen MR) is 98.3 cm³/mol. The number of rotatable bonds is 5. The Morgan fingerprint density at radius 2 is 2.13 bits per heavy atom. The number of thiazole rings is 1. The van der Waals surface area contributed by atoms with E-state index in [9.17, 15) is 4.79 Å². The molecule has 1 aromatic carbocycles. The number of amides is 1. The van der Waals surface area contributed by atoms with E-state index in [1.54, 1.807) is 4.90 Å². The number of aromatic nitrogens is 1. The quantitative estimate of drug-likeness (QED) is 0.754. The summed E-state index contributed by atoms with van der Waals surface area (Å²) in [4.78, 5) is 21.2. The molecular formula is C16H17ClN3OS2+. The van der Waals surface area contributed by atoms with Crippen molar-refractivity contribution in [1.82, 2.24) is 4.98 Å². The number of likely N-dealkylation sites (N-methyl/N-ethyl adjacent to an activating group) is 1. The minimum atomic E-state index is -0.00331. The first-order chi connectivity index (χ1) is 11.1. The van der Waals surface area contributed by atoms with Gasteiger partial charge in [0.25, 0.3) is 5.91 Å². The summed E-state index contributed by atoms with van der Waals surface area (Å²) in [6, 6.07) is 9.45. The van der Waals surface area contributed by atoms with Crippen LogP contribution in [-0.4, -0.2) is 38.1 Å². The first-order valence-corrected chi connectivity index (χ1v) is 9.33. The molecule has 0 spiro atoms. The Bertz CT molecular complexity index is 814. The number of quaternary nitrogens is 1. The van der Waals surface area contributed by atoms with Crippen LogP contribution >= 0.6 is 34.3 Å². The summed E-state index contributed by atoms with van der Waals surface area (Å²) in [5.74, 6) is -0.00331. The Kier molecular flexibility index (Phi) is 4.96. The van der Waals surface area contributed by atoms with Crippen molar-refractivity contribution in [3.05, 3.63) is 45.6 Å². The minimum absolute atomic E-state index is 0.00331. The van der Waals surface area contributed by atoms with E-state index in [-0.39, 0.29) is 5.91 Å². The van der Waals surface area contributed by atoms with Crippen molar-refractivity contribution in [3.8, 4) is 0 Å². The zero-order valence-electron chi connectivity index (χ0n) is 12.9. The molecule has 23 heavy (non-hydrogen) atoms. The van der Waals surface area contributed by atoms with Crippen molar-refractivity contribution in [3.63, 3.8) is 0 Å². The van der Waals surface area contributed by atoms with Gasteiger partial charge in [0.05, 0.1) is 41.8 Å². The maximum absolute atomic E-state index is 12.8. The smallest absolute Gasteiger partial charge is 0.270 e. The van der Waals surface area contributed by atoms with Gasteiger partial charge in [-0.15, -0.1) is 11.3 Å². The van der Waals surface area contributed by atoms with E-state index in [0.29, 0.717) is 16.7 Å². The molecule has 0 fully saturated rings. The molecule has 0 aliphatic heterocycles. The molecule has 3 aromatic rings. The lowest BCUT2D eigenvalue weighted by molar-refractivity contribution is -0.856. The van der Waals surface area contributed by atoms with Crippen LogP contribution in [-0.2, 0) is 0 Å². The molecule has 4 nitrogen and oxygen atoms in total. The first kappa shape index (κ1) is 16.4. The van der Waals surface area contributed by atoms with Gasteiger partial charge < -0.3 is 4.90 Å². The second-order valence-electron chi connectivity index (χ2n) is 5.47. The number of thiophene rings is 1. The number of nitrogens with zero attached hydrogens (tertiary/aromatic N) is 2. The van der Waals surface area contributed by atoms with Crippen LogP contribution in [0.1, 0.15) is 9.67 Å². The summed E-state index contributed by atoms with van der Waals surface area (Å²) in [6.07, 6.45) is 0. The number of fused-ring (bicyclic) bond motifs is 1. The Morgan fingerprint density at radius 1 is 1.30 bits per heavy atom. The number of para-hydroxylation sites is 1. The third-order valence-corrected chi connectivity index (χ3v) is 5.61. The molecule has 0 saturated heterocycles. The number of hydrogen-bond acceptors (Lipinski definition) is 4. The van der Waals surface area contributed by atoms with Crippen molar-refractivity contribution < 1.29 is 9.69 Å². The fourth-order valence-electron chi connectivity index (χ4n) is 2.17. The molecule has 0 aliphatic rings. The zero-order chi connectivity index (χ0) is 16.4. The zero-order valence-corrected chi connectivity index (χ0v) is 15.3. The van der Waals surface area contributed by atoms with E-state index >= 15 is 0 Å². The number of carbonyl (C=O) groups is 1. The Hall–Kier alpha value is -1.47. The fourth-order valence-corrected chi connectivity index (χ4v) is 4.13. The van der Waals surface area contributed by atoms with Crippen LogP contribution in [0.3, 0.4) is 0 Å². The van der Waals surface area contributed by atoms with E-state index in [1.165, 1.54) is 27.6 Å². The van der Waals surface area contributed by atoms with Gasteiger partial charge in [0.2, 0.25) is 0 Å². The van der Waals surface area contributed by atoms with Crippen LogP contribution in [0.4, 0.5) is 5.13 Å². The van der Waals surface area contributed by atoms with Gasteiger partial charge in [-0.3, -0.25) is 9.69 Å². The van der Waals surface area contributed by atoms with Crippen LogP contribution in [0.2, 0.25) is 5.02 Å². The summed E-state index contributed by atoms with van der Waals surface area (Å²) in [6.45, 7) is 1.47. The molecule has 120 valence electrons. The lowest BCUT2D eigenvalue weighted by atomic mass is 10.3. The molecule has 0 bridgehead atoms. The highest BCUT2D eigenvalue weighted by Crippen LogP contribution is 2.33. The molecule has 2 aromatic heterocycles. The topological polar surface area (TPSA) is 37.6 Å². The Morgan fingerprint density at radius 3 is 2.78 bits per heavy atom. The second-order valence-corrected chi connectivity index (χ2v) is 7.84. The molecule has 0 radical (unpaired) electrons. The summed E-state index contributed by atoms with van der Waals surface area (Å²) in [5, 5.41) is 3.23. The van der Waals surface area contributed by atoms with Crippen LogP contribution in [0.15, 0.2) is 35.7 Å². The van der Waals surface area contributed by atoms with Gasteiger partial charge in [0, 0.05) is 0 Å². The van der Waals surface area contributed by atoms with Crippen molar-refractivity contribution in [2.75, 3.05) is 32.1 Å². The van der Waals surface area contributed by atoms with E-state index in [0.717, 1.165) is 21.6 Å². The molecule has 7 heteroatoms. The summed E-state index contributed by atoms with van der Waals surface area (Å²) >= 11 is 9.17. The van der Waals surface area contributed by atoms with Gasteiger partial charge in [-0.05, 0) is 23.6 Å². The standard InChI is InChI=1S/C16H16ClN3OS2/c1-19(2)8-9-20(15(21)13-7-4-10-22-13)16-18-14-11(17)5-3-6-12(14)23-16/h3-7,10H,8-9H2,1-2H3/p+1. The Balaban J connectivity index is 1.98. The number of nitrogens with one attached hydrogen (secondary N) is 1. The maximum Gasteiger partial charge on any atom is 0.270 e. The summed E-state index contributed by atoms with van der Waals surface area (Å²) < 4.78 is 0.994. The van der Waals surface area contributed by atoms with Gasteiger partial charge in [-0.2, -0.15) is 0 Å². The van der Waals surface area contributed by atoms with E-state index < -0.39 is 0 Å². The van der Waals surface area contributed by atoms with Gasteiger partial charge in [0.15, 0.2) is 5.13 Å². The highest BCUT2D eigenvalue weighted by molar-refractivity contribution is 7.22. The molecule has 0 saturated carbocycles. The average Bonchev–Trinajstić information content (AvgIpc) is 3.16. The minimum Gasteiger partial charge on any atom is -0.338 e. The molecule has 0 atom stereocenters. The monoisotopic (exact) mass is 366 g/mol.